The first-order valence-electron chi connectivity index (χ1n) is 6.87. The zero-order chi connectivity index (χ0) is 15.6. The highest BCUT2D eigenvalue weighted by Crippen LogP contribution is 2.34. The number of nitrogens with one attached hydrogen (secondary N) is 2. The molecule has 1 aromatic carbocycles. The van der Waals surface area contributed by atoms with Crippen LogP contribution in [0, 0.1) is 5.92 Å². The highest BCUT2D eigenvalue weighted by molar-refractivity contribution is 6.35. The molecule has 0 bridgehead atoms. The van der Waals surface area contributed by atoms with Crippen LogP contribution in [-0.4, -0.2) is 31.3 Å². The van der Waals surface area contributed by atoms with Crippen LogP contribution in [0.4, 0.5) is 5.69 Å². The van der Waals surface area contributed by atoms with Gasteiger partial charge in [0.2, 0.25) is 0 Å². The lowest BCUT2D eigenvalue weighted by molar-refractivity contribution is -0.140. The number of nitrogens with zero attached hydrogens (tertiary/aromatic N) is 1. The average molecular weight is 289 g/mol. The van der Waals surface area contributed by atoms with Crippen LogP contribution in [0.2, 0.25) is 0 Å². The number of fused-ring (bicyclic) bond motifs is 1. The van der Waals surface area contributed by atoms with Crippen molar-refractivity contribution in [3.8, 4) is 0 Å². The third kappa shape index (κ3) is 3.04. The van der Waals surface area contributed by atoms with E-state index >= 15 is 0 Å². The summed E-state index contributed by atoms with van der Waals surface area (Å²) >= 11 is 0. The van der Waals surface area contributed by atoms with E-state index in [1.165, 1.54) is 4.90 Å². The van der Waals surface area contributed by atoms with Crippen molar-refractivity contribution in [2.45, 2.75) is 19.9 Å². The second-order valence-electron chi connectivity index (χ2n) is 5.47. The fourth-order valence-electron chi connectivity index (χ4n) is 2.20. The van der Waals surface area contributed by atoms with E-state index in [0.717, 1.165) is 5.69 Å². The molecule has 6 nitrogen and oxygen atoms in total. The largest absolute Gasteiger partial charge is 0.348 e. The van der Waals surface area contributed by atoms with Crippen LogP contribution in [0.15, 0.2) is 24.3 Å². The maximum absolute atomic E-state index is 12.2. The molecule has 21 heavy (non-hydrogen) atoms. The van der Waals surface area contributed by atoms with Crippen LogP contribution in [0.1, 0.15) is 25.5 Å². The fourth-order valence-corrected chi connectivity index (χ4v) is 2.20. The Morgan fingerprint density at radius 2 is 1.90 bits per heavy atom. The monoisotopic (exact) mass is 289 g/mol. The molecule has 112 valence electrons. The average Bonchev–Trinajstić information content (AvgIpc) is 2.70. The van der Waals surface area contributed by atoms with Gasteiger partial charge in [0, 0.05) is 24.8 Å². The Bertz CT molecular complexity index is 583. The smallest absolute Gasteiger partial charge is 0.310 e. The topological polar surface area (TPSA) is 78.5 Å². The van der Waals surface area contributed by atoms with E-state index in [1.54, 1.807) is 25.2 Å². The molecule has 2 rings (SSSR count). The molecule has 6 heteroatoms. The van der Waals surface area contributed by atoms with Gasteiger partial charge in [0.05, 0.1) is 0 Å². The zero-order valence-electron chi connectivity index (χ0n) is 12.3. The van der Waals surface area contributed by atoms with Gasteiger partial charge in [0.15, 0.2) is 0 Å². The van der Waals surface area contributed by atoms with Gasteiger partial charge in [-0.05, 0) is 12.0 Å². The lowest BCUT2D eigenvalue weighted by Gasteiger charge is -2.13. The third-order valence-electron chi connectivity index (χ3n) is 3.34. The lowest BCUT2D eigenvalue weighted by atomic mass is 10.1. The maximum atomic E-state index is 12.2. The number of hydrogen-bond acceptors (Lipinski definition) is 3. The number of benzene rings is 1. The van der Waals surface area contributed by atoms with Gasteiger partial charge in [-0.25, -0.2) is 0 Å². The van der Waals surface area contributed by atoms with Crippen molar-refractivity contribution >= 4 is 23.4 Å². The van der Waals surface area contributed by atoms with Crippen molar-refractivity contribution in [1.29, 1.82) is 0 Å². The first kappa shape index (κ1) is 15.0. The third-order valence-corrected chi connectivity index (χ3v) is 3.34. The molecule has 1 aliphatic rings. The minimum Gasteiger partial charge on any atom is -0.348 e. The maximum Gasteiger partial charge on any atom is 0.310 e. The van der Waals surface area contributed by atoms with Gasteiger partial charge >= 0.3 is 11.8 Å². The molecule has 3 amide bonds. The van der Waals surface area contributed by atoms with Crippen LogP contribution in [0.3, 0.4) is 0 Å². The second-order valence-corrected chi connectivity index (χ2v) is 5.47. The van der Waals surface area contributed by atoms with Gasteiger partial charge in [-0.2, -0.15) is 0 Å². The number of hydrogen-bond donors (Lipinski definition) is 2. The SMILES string of the molecule is CC(C)CNC(=O)C(=O)NC1C(=O)N(C)c2ccccc21. The van der Waals surface area contributed by atoms with Gasteiger partial charge in [0.1, 0.15) is 6.04 Å². The van der Waals surface area contributed by atoms with Gasteiger partial charge in [0.25, 0.3) is 5.91 Å². The minimum atomic E-state index is -0.802. The summed E-state index contributed by atoms with van der Waals surface area (Å²) in [6.45, 7) is 4.29. The number of anilines is 1. The minimum absolute atomic E-state index is 0.249. The van der Waals surface area contributed by atoms with E-state index in [1.807, 2.05) is 19.9 Å². The van der Waals surface area contributed by atoms with Crippen molar-refractivity contribution in [3.05, 3.63) is 29.8 Å². The Balaban J connectivity index is 2.08. The van der Waals surface area contributed by atoms with Gasteiger partial charge < -0.3 is 15.5 Å². The summed E-state index contributed by atoms with van der Waals surface area (Å²) in [5.74, 6) is -1.51. The van der Waals surface area contributed by atoms with Crippen molar-refractivity contribution in [2.75, 3.05) is 18.5 Å². The number of carbonyl (C=O) groups is 3. The summed E-state index contributed by atoms with van der Waals surface area (Å²) < 4.78 is 0. The Kier molecular flexibility index (Phi) is 4.26. The number of rotatable bonds is 3. The van der Waals surface area contributed by atoms with E-state index in [2.05, 4.69) is 10.6 Å². The molecule has 1 heterocycles. The molecule has 2 N–H and O–H groups in total. The van der Waals surface area contributed by atoms with Gasteiger partial charge in [-0.1, -0.05) is 32.0 Å². The fraction of sp³-hybridized carbons (Fsp3) is 0.400. The van der Waals surface area contributed by atoms with Gasteiger partial charge in [-0.3, -0.25) is 14.4 Å². The van der Waals surface area contributed by atoms with Crippen LogP contribution in [0.5, 0.6) is 0 Å². The van der Waals surface area contributed by atoms with Crippen molar-refractivity contribution in [2.24, 2.45) is 5.92 Å². The predicted molar refractivity (Wildman–Crippen MR) is 78.6 cm³/mol. The van der Waals surface area contributed by atoms with Gasteiger partial charge in [-0.15, -0.1) is 0 Å². The molecule has 1 unspecified atom stereocenters. The standard InChI is InChI=1S/C15H19N3O3/c1-9(2)8-16-13(19)14(20)17-12-10-6-4-5-7-11(10)18(3)15(12)21/h4-7,9,12H,8H2,1-3H3,(H,16,19)(H,17,20). The van der Waals surface area contributed by atoms with E-state index in [9.17, 15) is 14.4 Å². The number of carbonyl (C=O) groups excluding carboxylic acids is 3. The van der Waals surface area contributed by atoms with Crippen molar-refractivity contribution in [1.82, 2.24) is 10.6 Å². The molecule has 0 radical (unpaired) electrons. The van der Waals surface area contributed by atoms with Crippen LogP contribution >= 0.6 is 0 Å². The summed E-state index contributed by atoms with van der Waals surface area (Å²) in [6, 6.07) is 6.39. The summed E-state index contributed by atoms with van der Waals surface area (Å²) in [5.41, 5.74) is 1.45. The molecule has 0 aliphatic carbocycles. The normalized spacial score (nSPS) is 16.9. The predicted octanol–water partition coefficient (Wildman–Crippen LogP) is 0.593. The molecule has 0 aromatic heterocycles. The highest BCUT2D eigenvalue weighted by Gasteiger charge is 2.36. The first-order valence-corrected chi connectivity index (χ1v) is 6.87. The number of para-hydroxylation sites is 1. The molecule has 0 saturated heterocycles. The molecular formula is C15H19N3O3. The van der Waals surface area contributed by atoms with E-state index in [-0.39, 0.29) is 11.8 Å². The molecular weight excluding hydrogens is 270 g/mol. The van der Waals surface area contributed by atoms with Crippen molar-refractivity contribution < 1.29 is 14.4 Å². The molecule has 0 spiro atoms. The van der Waals surface area contributed by atoms with E-state index in [0.29, 0.717) is 12.1 Å². The Morgan fingerprint density at radius 1 is 1.24 bits per heavy atom. The Hall–Kier alpha value is -2.37. The summed E-state index contributed by atoms with van der Waals surface area (Å²) in [7, 11) is 1.64. The number of amides is 3. The zero-order valence-corrected chi connectivity index (χ0v) is 12.3. The molecule has 0 fully saturated rings. The molecule has 0 saturated carbocycles. The lowest BCUT2D eigenvalue weighted by Crippen LogP contribution is -2.44. The van der Waals surface area contributed by atoms with Crippen LogP contribution < -0.4 is 15.5 Å². The summed E-state index contributed by atoms with van der Waals surface area (Å²) in [4.78, 5) is 37.2. The van der Waals surface area contributed by atoms with E-state index in [4.69, 9.17) is 0 Å². The number of likely N-dealkylation sites (N-methyl/N-ethyl adjacent to an activating group) is 1. The molecule has 1 atom stereocenters. The summed E-state index contributed by atoms with van der Waals surface area (Å²) in [5, 5.41) is 5.03. The van der Waals surface area contributed by atoms with Crippen molar-refractivity contribution in [3.63, 3.8) is 0 Å². The molecule has 1 aliphatic heterocycles. The second kappa shape index (κ2) is 5.95. The Labute approximate surface area is 123 Å². The highest BCUT2D eigenvalue weighted by atomic mass is 16.2. The van der Waals surface area contributed by atoms with Crippen LogP contribution in [0.25, 0.3) is 0 Å². The van der Waals surface area contributed by atoms with E-state index < -0.39 is 17.9 Å². The summed E-state index contributed by atoms with van der Waals surface area (Å²) in [6.07, 6.45) is 0. The van der Waals surface area contributed by atoms with Crippen LogP contribution in [-0.2, 0) is 14.4 Å². The molecule has 1 aromatic rings. The Morgan fingerprint density at radius 3 is 2.57 bits per heavy atom. The quantitative estimate of drug-likeness (QED) is 0.800. The first-order chi connectivity index (χ1) is 9.91.